The fourth-order valence-electron chi connectivity index (χ4n) is 2.73. The van der Waals surface area contributed by atoms with Gasteiger partial charge in [0.05, 0.1) is 0 Å². The van der Waals surface area contributed by atoms with Crippen LogP contribution in [0, 0.1) is 11.3 Å². The maximum atomic E-state index is 3.73. The van der Waals surface area contributed by atoms with Crippen molar-refractivity contribution in [3.05, 3.63) is 0 Å². The molecule has 1 unspecified atom stereocenters. The van der Waals surface area contributed by atoms with Gasteiger partial charge in [-0.3, -0.25) is 0 Å². The molecule has 1 N–H and O–H groups in total. The van der Waals surface area contributed by atoms with Crippen molar-refractivity contribution >= 4 is 0 Å². The fourth-order valence-corrected chi connectivity index (χ4v) is 2.73. The molecule has 0 spiro atoms. The largest absolute Gasteiger partial charge is 0.313 e. The van der Waals surface area contributed by atoms with Gasteiger partial charge in [0, 0.05) is 25.7 Å². The number of hydrogen-bond acceptors (Lipinski definition) is 2. The van der Waals surface area contributed by atoms with Crippen molar-refractivity contribution in [3.63, 3.8) is 0 Å². The van der Waals surface area contributed by atoms with E-state index in [0.29, 0.717) is 5.41 Å². The van der Waals surface area contributed by atoms with Crippen LogP contribution >= 0.6 is 0 Å². The van der Waals surface area contributed by atoms with Crippen molar-refractivity contribution in [2.45, 2.75) is 72.8 Å². The van der Waals surface area contributed by atoms with Crippen LogP contribution in [0.4, 0.5) is 0 Å². The van der Waals surface area contributed by atoms with E-state index in [9.17, 15) is 0 Å². The van der Waals surface area contributed by atoms with Crippen LogP contribution in [-0.2, 0) is 0 Å². The summed E-state index contributed by atoms with van der Waals surface area (Å²) in [6, 6.07) is 0.833. The zero-order valence-electron chi connectivity index (χ0n) is 14.0. The average Bonchev–Trinajstić information content (AvgIpc) is 3.25. The predicted molar refractivity (Wildman–Crippen MR) is 85.6 cm³/mol. The molecule has 0 bridgehead atoms. The third-order valence-electron chi connectivity index (χ3n) is 4.97. The molecule has 2 nitrogen and oxygen atoms in total. The second kappa shape index (κ2) is 8.26. The Balaban J connectivity index is 2.43. The highest BCUT2D eigenvalue weighted by Crippen LogP contribution is 2.26. The highest BCUT2D eigenvalue weighted by atomic mass is 15.1. The smallest absolute Gasteiger partial charge is 0.00684 e. The lowest BCUT2D eigenvalue weighted by molar-refractivity contribution is 0.139. The fraction of sp³-hybridized carbons (Fsp3) is 1.00. The Morgan fingerprint density at radius 1 is 1.16 bits per heavy atom. The monoisotopic (exact) mass is 268 g/mol. The van der Waals surface area contributed by atoms with Crippen molar-refractivity contribution < 1.29 is 0 Å². The van der Waals surface area contributed by atoms with E-state index in [1.165, 1.54) is 58.3 Å². The Kier molecular flexibility index (Phi) is 7.38. The Morgan fingerprint density at radius 3 is 2.21 bits per heavy atom. The summed E-state index contributed by atoms with van der Waals surface area (Å²) in [6.07, 6.45) is 6.69. The quantitative estimate of drug-likeness (QED) is 0.611. The molecule has 0 saturated heterocycles. The molecule has 0 heterocycles. The number of nitrogens with zero attached hydrogens (tertiary/aromatic N) is 1. The van der Waals surface area contributed by atoms with Crippen molar-refractivity contribution in [1.29, 1.82) is 0 Å². The Labute approximate surface area is 121 Å². The van der Waals surface area contributed by atoms with Gasteiger partial charge in [0.1, 0.15) is 0 Å². The lowest BCUT2D eigenvalue weighted by atomic mass is 9.86. The van der Waals surface area contributed by atoms with Crippen LogP contribution in [-0.4, -0.2) is 37.1 Å². The van der Waals surface area contributed by atoms with Crippen molar-refractivity contribution in [2.24, 2.45) is 11.3 Å². The Bertz CT molecular complexity index is 233. The molecular formula is C17H36N2. The maximum absolute atomic E-state index is 3.73. The summed E-state index contributed by atoms with van der Waals surface area (Å²) in [5.74, 6) is 0.873. The molecule has 1 aliphatic rings. The van der Waals surface area contributed by atoms with E-state index in [2.05, 4.69) is 44.8 Å². The van der Waals surface area contributed by atoms with Gasteiger partial charge >= 0.3 is 0 Å². The van der Waals surface area contributed by atoms with Crippen LogP contribution in [0.15, 0.2) is 0 Å². The first-order valence-electron chi connectivity index (χ1n) is 8.52. The molecule has 1 atom stereocenters. The molecule has 1 rings (SSSR count). The summed E-state index contributed by atoms with van der Waals surface area (Å²) in [7, 11) is 0. The molecule has 114 valence electrons. The Morgan fingerprint density at radius 2 is 1.79 bits per heavy atom. The van der Waals surface area contributed by atoms with E-state index in [0.717, 1.165) is 12.0 Å². The van der Waals surface area contributed by atoms with Crippen molar-refractivity contribution in [3.8, 4) is 0 Å². The summed E-state index contributed by atoms with van der Waals surface area (Å²) in [5.41, 5.74) is 0.435. The third-order valence-corrected chi connectivity index (χ3v) is 4.97. The standard InChI is InChI=1S/C17H36N2/c1-6-15(7-2)12-19(9-4)14-17(5,8-3)13-18-16-10-11-16/h15-16,18H,6-14H2,1-5H3. The molecule has 0 radical (unpaired) electrons. The van der Waals surface area contributed by atoms with Crippen LogP contribution in [0.1, 0.15) is 66.7 Å². The zero-order chi connectivity index (χ0) is 14.3. The lowest BCUT2D eigenvalue weighted by Crippen LogP contribution is -2.44. The number of hydrogen-bond donors (Lipinski definition) is 1. The van der Waals surface area contributed by atoms with E-state index < -0.39 is 0 Å². The molecule has 1 fully saturated rings. The summed E-state index contributed by atoms with van der Waals surface area (Å²) in [5, 5.41) is 3.73. The SMILES string of the molecule is CCC(CC)CN(CC)CC(C)(CC)CNC1CC1. The van der Waals surface area contributed by atoms with Gasteiger partial charge in [-0.2, -0.15) is 0 Å². The zero-order valence-corrected chi connectivity index (χ0v) is 14.0. The predicted octanol–water partition coefficient (Wildman–Crippen LogP) is 3.91. The minimum absolute atomic E-state index is 0.435. The second-order valence-corrected chi connectivity index (χ2v) is 6.83. The highest BCUT2D eigenvalue weighted by Gasteiger charge is 2.29. The molecule has 0 aromatic rings. The van der Waals surface area contributed by atoms with Crippen LogP contribution in [0.25, 0.3) is 0 Å². The molecule has 19 heavy (non-hydrogen) atoms. The summed E-state index contributed by atoms with van der Waals surface area (Å²) in [4.78, 5) is 2.68. The normalized spacial score (nSPS) is 19.1. The van der Waals surface area contributed by atoms with Crippen molar-refractivity contribution in [2.75, 3.05) is 26.2 Å². The van der Waals surface area contributed by atoms with Gasteiger partial charge in [0.2, 0.25) is 0 Å². The van der Waals surface area contributed by atoms with Crippen LogP contribution in [0.2, 0.25) is 0 Å². The van der Waals surface area contributed by atoms with E-state index in [1.54, 1.807) is 0 Å². The van der Waals surface area contributed by atoms with Gasteiger partial charge in [0.25, 0.3) is 0 Å². The van der Waals surface area contributed by atoms with Gasteiger partial charge in [-0.05, 0) is 37.1 Å². The van der Waals surface area contributed by atoms with Gasteiger partial charge in [-0.1, -0.05) is 47.5 Å². The van der Waals surface area contributed by atoms with Gasteiger partial charge in [-0.15, -0.1) is 0 Å². The first-order valence-corrected chi connectivity index (χ1v) is 8.52. The summed E-state index contributed by atoms with van der Waals surface area (Å²) < 4.78 is 0. The van der Waals surface area contributed by atoms with Gasteiger partial charge < -0.3 is 10.2 Å². The van der Waals surface area contributed by atoms with Crippen molar-refractivity contribution in [1.82, 2.24) is 10.2 Å². The lowest BCUT2D eigenvalue weighted by Gasteiger charge is -2.36. The first-order chi connectivity index (χ1) is 9.06. The minimum atomic E-state index is 0.435. The molecule has 0 aromatic heterocycles. The molecule has 0 aromatic carbocycles. The van der Waals surface area contributed by atoms with Crippen LogP contribution in [0.5, 0.6) is 0 Å². The molecule has 0 aliphatic heterocycles. The van der Waals surface area contributed by atoms with Gasteiger partial charge in [-0.25, -0.2) is 0 Å². The molecular weight excluding hydrogens is 232 g/mol. The minimum Gasteiger partial charge on any atom is -0.313 e. The van der Waals surface area contributed by atoms with E-state index in [1.807, 2.05) is 0 Å². The number of rotatable bonds is 11. The molecule has 0 amide bonds. The topological polar surface area (TPSA) is 15.3 Å². The van der Waals surface area contributed by atoms with Crippen LogP contribution in [0.3, 0.4) is 0 Å². The highest BCUT2D eigenvalue weighted by molar-refractivity contribution is 4.86. The molecule has 2 heteroatoms. The van der Waals surface area contributed by atoms with Crippen LogP contribution < -0.4 is 5.32 Å². The maximum Gasteiger partial charge on any atom is 0.00684 e. The first kappa shape index (κ1) is 17.0. The second-order valence-electron chi connectivity index (χ2n) is 6.83. The van der Waals surface area contributed by atoms with E-state index >= 15 is 0 Å². The molecule has 1 saturated carbocycles. The Hall–Kier alpha value is -0.0800. The van der Waals surface area contributed by atoms with Gasteiger partial charge in [0.15, 0.2) is 0 Å². The van der Waals surface area contributed by atoms with E-state index in [-0.39, 0.29) is 0 Å². The summed E-state index contributed by atoms with van der Waals surface area (Å²) >= 11 is 0. The molecule has 1 aliphatic carbocycles. The average molecular weight is 268 g/mol. The van der Waals surface area contributed by atoms with E-state index in [4.69, 9.17) is 0 Å². The summed E-state index contributed by atoms with van der Waals surface area (Å²) in [6.45, 7) is 16.7. The number of nitrogens with one attached hydrogen (secondary N) is 1. The third kappa shape index (κ3) is 6.27.